The number of amides is 1. The van der Waals surface area contributed by atoms with E-state index in [4.69, 9.17) is 13.9 Å². The van der Waals surface area contributed by atoms with Gasteiger partial charge in [-0.2, -0.15) is 0 Å². The molecule has 0 N–H and O–H groups in total. The maximum Gasteiger partial charge on any atom is 0.375 e. The molecule has 2 aromatic carbocycles. The number of hydrogen-bond acceptors (Lipinski definition) is 5. The molecule has 4 rings (SSSR count). The Hall–Kier alpha value is -3.28. The Morgan fingerprint density at radius 3 is 2.71 bits per heavy atom. The number of fused-ring (bicyclic) bond motifs is 2. The summed E-state index contributed by atoms with van der Waals surface area (Å²) in [5.74, 6) is -0.0615. The fourth-order valence-electron chi connectivity index (χ4n) is 3.51. The van der Waals surface area contributed by atoms with E-state index in [0.29, 0.717) is 30.0 Å². The number of methoxy groups -OCH3 is 1. The van der Waals surface area contributed by atoms with Crippen molar-refractivity contribution in [2.24, 2.45) is 0 Å². The molecule has 28 heavy (non-hydrogen) atoms. The maximum atomic E-state index is 12.5. The van der Waals surface area contributed by atoms with Gasteiger partial charge in [-0.15, -0.1) is 0 Å². The van der Waals surface area contributed by atoms with Crippen molar-refractivity contribution < 1.29 is 23.5 Å². The topological polar surface area (TPSA) is 69.0 Å². The molecular formula is C22H21NO5. The Morgan fingerprint density at radius 2 is 1.93 bits per heavy atom. The predicted octanol–water partition coefficient (Wildman–Crippen LogP) is 3.49. The molecular weight excluding hydrogens is 358 g/mol. The van der Waals surface area contributed by atoms with E-state index in [2.05, 4.69) is 6.07 Å². The van der Waals surface area contributed by atoms with Crippen molar-refractivity contribution in [2.45, 2.75) is 19.9 Å². The van der Waals surface area contributed by atoms with Gasteiger partial charge >= 0.3 is 5.97 Å². The number of esters is 1. The zero-order chi connectivity index (χ0) is 19.7. The smallest absolute Gasteiger partial charge is 0.375 e. The van der Waals surface area contributed by atoms with Gasteiger partial charge in [-0.25, -0.2) is 4.79 Å². The fourth-order valence-corrected chi connectivity index (χ4v) is 3.51. The van der Waals surface area contributed by atoms with Crippen LogP contribution in [0.1, 0.15) is 27.2 Å². The molecule has 0 radical (unpaired) electrons. The van der Waals surface area contributed by atoms with Crippen LogP contribution in [0.3, 0.4) is 0 Å². The van der Waals surface area contributed by atoms with Crippen LogP contribution in [0.15, 0.2) is 46.9 Å². The van der Waals surface area contributed by atoms with Gasteiger partial charge in [0.2, 0.25) is 5.76 Å². The summed E-state index contributed by atoms with van der Waals surface area (Å²) in [5.41, 5.74) is 3.63. The summed E-state index contributed by atoms with van der Waals surface area (Å²) in [6.07, 6.45) is 0.806. The van der Waals surface area contributed by atoms with E-state index >= 15 is 0 Å². The SMILES string of the molecule is COc1ccc2oc(C(=O)OCC(=O)N3CCc4ccccc4C3)c(C)c2c1. The minimum atomic E-state index is -0.640. The highest BCUT2D eigenvalue weighted by Gasteiger charge is 2.24. The summed E-state index contributed by atoms with van der Waals surface area (Å²) in [6.45, 7) is 2.64. The first-order valence-corrected chi connectivity index (χ1v) is 9.15. The minimum absolute atomic E-state index is 0.111. The number of carbonyl (C=O) groups is 2. The summed E-state index contributed by atoms with van der Waals surface area (Å²) < 4.78 is 16.1. The number of benzene rings is 2. The molecule has 3 aromatic rings. The quantitative estimate of drug-likeness (QED) is 0.649. The number of carbonyl (C=O) groups excluding carboxylic acids is 2. The third-order valence-corrected chi connectivity index (χ3v) is 5.14. The van der Waals surface area contributed by atoms with Crippen molar-refractivity contribution in [3.8, 4) is 5.75 Å². The van der Waals surface area contributed by atoms with Crippen molar-refractivity contribution in [3.63, 3.8) is 0 Å². The Balaban J connectivity index is 1.42. The van der Waals surface area contributed by atoms with Gasteiger partial charge in [0, 0.05) is 24.0 Å². The van der Waals surface area contributed by atoms with Gasteiger partial charge in [-0.1, -0.05) is 24.3 Å². The number of ether oxygens (including phenoxy) is 2. The summed E-state index contributed by atoms with van der Waals surface area (Å²) in [4.78, 5) is 26.7. The van der Waals surface area contributed by atoms with Crippen molar-refractivity contribution in [1.82, 2.24) is 4.90 Å². The van der Waals surface area contributed by atoms with Gasteiger partial charge in [0.05, 0.1) is 7.11 Å². The van der Waals surface area contributed by atoms with Gasteiger partial charge in [0.25, 0.3) is 5.91 Å². The lowest BCUT2D eigenvalue weighted by atomic mass is 10.00. The number of nitrogens with zero attached hydrogens (tertiary/aromatic N) is 1. The molecule has 0 fully saturated rings. The Bertz CT molecular complexity index is 1050. The Labute approximate surface area is 162 Å². The maximum absolute atomic E-state index is 12.5. The summed E-state index contributed by atoms with van der Waals surface area (Å²) in [7, 11) is 1.58. The fraction of sp³-hybridized carbons (Fsp3) is 0.273. The highest BCUT2D eigenvalue weighted by molar-refractivity contribution is 5.97. The Morgan fingerprint density at radius 1 is 1.14 bits per heavy atom. The summed E-state index contributed by atoms with van der Waals surface area (Å²) >= 11 is 0. The van der Waals surface area contributed by atoms with E-state index < -0.39 is 5.97 Å². The predicted molar refractivity (Wildman–Crippen MR) is 103 cm³/mol. The van der Waals surface area contributed by atoms with E-state index in [1.54, 1.807) is 37.1 Å². The highest BCUT2D eigenvalue weighted by atomic mass is 16.5. The molecule has 0 bridgehead atoms. The molecule has 0 saturated heterocycles. The average Bonchev–Trinajstić information content (AvgIpc) is 3.07. The normalized spacial score (nSPS) is 13.3. The van der Waals surface area contributed by atoms with Crippen molar-refractivity contribution >= 4 is 22.8 Å². The number of furan rings is 1. The van der Waals surface area contributed by atoms with Crippen molar-refractivity contribution in [1.29, 1.82) is 0 Å². The van der Waals surface area contributed by atoms with E-state index in [1.807, 2.05) is 18.2 Å². The molecule has 2 heterocycles. The molecule has 6 nitrogen and oxygen atoms in total. The largest absolute Gasteiger partial charge is 0.497 e. The molecule has 1 aromatic heterocycles. The van der Waals surface area contributed by atoms with Crippen LogP contribution < -0.4 is 4.74 Å². The monoisotopic (exact) mass is 379 g/mol. The summed E-state index contributed by atoms with van der Waals surface area (Å²) in [6, 6.07) is 13.4. The van der Waals surface area contributed by atoms with E-state index in [-0.39, 0.29) is 18.3 Å². The van der Waals surface area contributed by atoms with Gasteiger partial charge in [0.1, 0.15) is 11.3 Å². The lowest BCUT2D eigenvalue weighted by Crippen LogP contribution is -2.38. The highest BCUT2D eigenvalue weighted by Crippen LogP contribution is 2.29. The molecule has 1 amide bonds. The summed E-state index contributed by atoms with van der Waals surface area (Å²) in [5, 5.41) is 0.783. The zero-order valence-electron chi connectivity index (χ0n) is 15.9. The first kappa shape index (κ1) is 18.1. The van der Waals surface area contributed by atoms with Gasteiger partial charge in [0.15, 0.2) is 6.61 Å². The molecule has 0 atom stereocenters. The first-order valence-electron chi connectivity index (χ1n) is 9.15. The molecule has 0 saturated carbocycles. The van der Waals surface area contributed by atoms with Crippen LogP contribution in [0, 0.1) is 6.92 Å². The average molecular weight is 379 g/mol. The van der Waals surface area contributed by atoms with Gasteiger partial charge in [-0.05, 0) is 42.7 Å². The second-order valence-electron chi connectivity index (χ2n) is 6.83. The molecule has 0 aliphatic carbocycles. The Kier molecular flexibility index (Phi) is 4.77. The number of hydrogen-bond donors (Lipinski definition) is 0. The zero-order valence-corrected chi connectivity index (χ0v) is 15.9. The van der Waals surface area contributed by atoms with Crippen LogP contribution in [0.25, 0.3) is 11.0 Å². The standard InChI is InChI=1S/C22H21NO5/c1-14-18-11-17(26-2)7-8-19(18)28-21(14)22(25)27-13-20(24)23-10-9-15-5-3-4-6-16(15)12-23/h3-8,11H,9-10,12-13H2,1-2H3. The van der Waals surface area contributed by atoms with Crippen LogP contribution in [-0.2, 0) is 22.5 Å². The molecule has 1 aliphatic rings. The minimum Gasteiger partial charge on any atom is -0.497 e. The van der Waals surface area contributed by atoms with Crippen molar-refractivity contribution in [3.05, 3.63) is 64.9 Å². The van der Waals surface area contributed by atoms with E-state index in [9.17, 15) is 9.59 Å². The second kappa shape index (κ2) is 7.38. The molecule has 144 valence electrons. The molecule has 0 unspecified atom stereocenters. The molecule has 0 spiro atoms. The number of rotatable bonds is 4. The third kappa shape index (κ3) is 3.33. The number of aryl methyl sites for hydroxylation is 1. The third-order valence-electron chi connectivity index (χ3n) is 5.14. The molecule has 1 aliphatic heterocycles. The van der Waals surface area contributed by atoms with Crippen LogP contribution in [0.5, 0.6) is 5.75 Å². The lowest BCUT2D eigenvalue weighted by Gasteiger charge is -2.28. The first-order chi connectivity index (χ1) is 13.6. The van der Waals surface area contributed by atoms with Crippen LogP contribution in [0.4, 0.5) is 0 Å². The van der Waals surface area contributed by atoms with Crippen LogP contribution >= 0.6 is 0 Å². The lowest BCUT2D eigenvalue weighted by molar-refractivity contribution is -0.135. The van der Waals surface area contributed by atoms with Gasteiger partial charge in [-0.3, -0.25) is 4.79 Å². The second-order valence-corrected chi connectivity index (χ2v) is 6.83. The van der Waals surface area contributed by atoms with E-state index in [0.717, 1.165) is 17.4 Å². The van der Waals surface area contributed by atoms with E-state index in [1.165, 1.54) is 5.56 Å². The van der Waals surface area contributed by atoms with Crippen LogP contribution in [-0.4, -0.2) is 37.0 Å². The molecule has 6 heteroatoms. The van der Waals surface area contributed by atoms with Gasteiger partial charge < -0.3 is 18.8 Å². The van der Waals surface area contributed by atoms with Crippen LogP contribution in [0.2, 0.25) is 0 Å². The van der Waals surface area contributed by atoms with Crippen molar-refractivity contribution in [2.75, 3.05) is 20.3 Å².